The standard InChI is InChI=1S/C18H26N2O4/c1-11-8-12(15(22)9-14(11)21)17(24)20-7-5-6-13(20)16(23)19-10-18(2,3)4/h8-9,13,21-22H,5-7,10H2,1-4H3,(H,19,23)/t13-/m1/s1. The summed E-state index contributed by atoms with van der Waals surface area (Å²) in [6, 6.07) is 2.09. The lowest BCUT2D eigenvalue weighted by atomic mass is 9.97. The topological polar surface area (TPSA) is 89.9 Å². The fraction of sp³-hybridized carbons (Fsp3) is 0.556. The average Bonchev–Trinajstić information content (AvgIpc) is 2.96. The Balaban J connectivity index is 2.17. The van der Waals surface area contributed by atoms with Gasteiger partial charge in [-0.2, -0.15) is 0 Å². The number of carbonyl (C=O) groups excluding carboxylic acids is 2. The Labute approximate surface area is 142 Å². The highest BCUT2D eigenvalue weighted by atomic mass is 16.3. The van der Waals surface area contributed by atoms with Crippen molar-refractivity contribution < 1.29 is 19.8 Å². The predicted octanol–water partition coefficient (Wildman–Crippen LogP) is 2.17. The van der Waals surface area contributed by atoms with Crippen LogP contribution in [0.2, 0.25) is 0 Å². The summed E-state index contributed by atoms with van der Waals surface area (Å²) in [5.41, 5.74) is 0.583. The number of phenolic OH excluding ortho intramolecular Hbond substituents is 2. The number of hydrogen-bond acceptors (Lipinski definition) is 4. The van der Waals surface area contributed by atoms with Crippen LogP contribution in [0.4, 0.5) is 0 Å². The second-order valence-corrected chi connectivity index (χ2v) is 7.59. The number of hydrogen-bond donors (Lipinski definition) is 3. The van der Waals surface area contributed by atoms with Crippen LogP contribution in [-0.4, -0.2) is 46.1 Å². The molecule has 24 heavy (non-hydrogen) atoms. The van der Waals surface area contributed by atoms with Gasteiger partial charge in [0.2, 0.25) is 5.91 Å². The third kappa shape index (κ3) is 3.99. The molecular weight excluding hydrogens is 308 g/mol. The molecule has 2 amide bonds. The molecule has 6 heteroatoms. The molecule has 2 rings (SSSR count). The lowest BCUT2D eigenvalue weighted by Crippen LogP contribution is -2.47. The first kappa shape index (κ1) is 18.1. The quantitative estimate of drug-likeness (QED) is 0.790. The molecule has 132 valence electrons. The van der Waals surface area contributed by atoms with Crippen molar-refractivity contribution in [3.8, 4) is 11.5 Å². The number of likely N-dealkylation sites (tertiary alicyclic amines) is 1. The normalized spacial score (nSPS) is 17.8. The summed E-state index contributed by atoms with van der Waals surface area (Å²) in [5.74, 6) is -0.886. The Morgan fingerprint density at radius 2 is 1.92 bits per heavy atom. The summed E-state index contributed by atoms with van der Waals surface area (Å²) in [5, 5.41) is 22.5. The Morgan fingerprint density at radius 1 is 1.25 bits per heavy atom. The van der Waals surface area contributed by atoms with Gasteiger partial charge in [0.05, 0.1) is 5.56 Å². The predicted molar refractivity (Wildman–Crippen MR) is 91.0 cm³/mol. The van der Waals surface area contributed by atoms with Gasteiger partial charge in [-0.1, -0.05) is 20.8 Å². The van der Waals surface area contributed by atoms with Crippen LogP contribution in [0.3, 0.4) is 0 Å². The zero-order chi connectivity index (χ0) is 18.1. The average molecular weight is 334 g/mol. The van der Waals surface area contributed by atoms with Crippen LogP contribution in [-0.2, 0) is 4.79 Å². The summed E-state index contributed by atoms with van der Waals surface area (Å²) in [4.78, 5) is 26.7. The first-order valence-corrected chi connectivity index (χ1v) is 8.21. The van der Waals surface area contributed by atoms with E-state index in [0.29, 0.717) is 25.1 Å². The number of nitrogens with one attached hydrogen (secondary N) is 1. The summed E-state index contributed by atoms with van der Waals surface area (Å²) >= 11 is 0. The van der Waals surface area contributed by atoms with Gasteiger partial charge in [-0.05, 0) is 36.8 Å². The van der Waals surface area contributed by atoms with E-state index in [4.69, 9.17) is 0 Å². The van der Waals surface area contributed by atoms with Gasteiger partial charge in [0.15, 0.2) is 0 Å². The molecule has 6 nitrogen and oxygen atoms in total. The lowest BCUT2D eigenvalue weighted by molar-refractivity contribution is -0.125. The van der Waals surface area contributed by atoms with Gasteiger partial charge in [-0.3, -0.25) is 9.59 Å². The van der Waals surface area contributed by atoms with Crippen molar-refractivity contribution in [2.24, 2.45) is 5.41 Å². The molecule has 0 bridgehead atoms. The SMILES string of the molecule is Cc1cc(C(=O)N2CCC[C@@H]2C(=O)NCC(C)(C)C)c(O)cc1O. The molecule has 1 aromatic rings. The Morgan fingerprint density at radius 3 is 2.54 bits per heavy atom. The zero-order valence-corrected chi connectivity index (χ0v) is 14.7. The zero-order valence-electron chi connectivity index (χ0n) is 14.7. The maximum absolute atomic E-state index is 12.8. The van der Waals surface area contributed by atoms with Gasteiger partial charge in [-0.15, -0.1) is 0 Å². The van der Waals surface area contributed by atoms with Crippen LogP contribution < -0.4 is 5.32 Å². The van der Waals surface area contributed by atoms with Crippen LogP contribution >= 0.6 is 0 Å². The van der Waals surface area contributed by atoms with E-state index in [0.717, 1.165) is 12.5 Å². The van der Waals surface area contributed by atoms with Crippen molar-refractivity contribution in [2.75, 3.05) is 13.1 Å². The molecule has 0 aromatic heterocycles. The maximum Gasteiger partial charge on any atom is 0.258 e. The molecule has 0 unspecified atom stereocenters. The molecule has 1 atom stereocenters. The van der Waals surface area contributed by atoms with Crippen molar-refractivity contribution in [1.82, 2.24) is 10.2 Å². The molecule has 1 saturated heterocycles. The minimum atomic E-state index is -0.520. The van der Waals surface area contributed by atoms with E-state index in [1.54, 1.807) is 6.92 Å². The van der Waals surface area contributed by atoms with E-state index in [2.05, 4.69) is 5.32 Å². The maximum atomic E-state index is 12.8. The molecule has 0 radical (unpaired) electrons. The number of rotatable bonds is 3. The second kappa shape index (κ2) is 6.71. The number of aryl methyl sites for hydroxylation is 1. The lowest BCUT2D eigenvalue weighted by Gasteiger charge is -2.26. The molecule has 3 N–H and O–H groups in total. The molecular formula is C18H26N2O4. The fourth-order valence-electron chi connectivity index (χ4n) is 2.76. The van der Waals surface area contributed by atoms with Crippen LogP contribution in [0.1, 0.15) is 49.5 Å². The summed E-state index contributed by atoms with van der Waals surface area (Å²) < 4.78 is 0. The number of amides is 2. The van der Waals surface area contributed by atoms with Gasteiger partial charge in [0.25, 0.3) is 5.91 Å². The van der Waals surface area contributed by atoms with Crippen molar-refractivity contribution in [3.63, 3.8) is 0 Å². The van der Waals surface area contributed by atoms with Crippen LogP contribution in [0.25, 0.3) is 0 Å². The highest BCUT2D eigenvalue weighted by molar-refractivity contribution is 6.00. The third-order valence-electron chi connectivity index (χ3n) is 4.15. The van der Waals surface area contributed by atoms with Crippen molar-refractivity contribution >= 4 is 11.8 Å². The number of phenols is 2. The van der Waals surface area contributed by atoms with Gasteiger partial charge >= 0.3 is 0 Å². The van der Waals surface area contributed by atoms with Gasteiger partial charge in [-0.25, -0.2) is 0 Å². The molecule has 0 spiro atoms. The van der Waals surface area contributed by atoms with Crippen LogP contribution in [0.5, 0.6) is 11.5 Å². The van der Waals surface area contributed by atoms with Gasteiger partial charge in [0, 0.05) is 19.2 Å². The number of nitrogens with zero attached hydrogens (tertiary/aromatic N) is 1. The number of benzene rings is 1. The Hall–Kier alpha value is -2.24. The second-order valence-electron chi connectivity index (χ2n) is 7.59. The molecule has 1 aliphatic rings. The summed E-state index contributed by atoms with van der Waals surface area (Å²) in [6.07, 6.45) is 1.36. The van der Waals surface area contributed by atoms with E-state index in [-0.39, 0.29) is 34.3 Å². The molecule has 0 saturated carbocycles. The first-order valence-electron chi connectivity index (χ1n) is 8.21. The molecule has 1 heterocycles. The largest absolute Gasteiger partial charge is 0.508 e. The highest BCUT2D eigenvalue weighted by Gasteiger charge is 2.35. The van der Waals surface area contributed by atoms with E-state index >= 15 is 0 Å². The van der Waals surface area contributed by atoms with Crippen LogP contribution in [0.15, 0.2) is 12.1 Å². The monoisotopic (exact) mass is 334 g/mol. The third-order valence-corrected chi connectivity index (χ3v) is 4.15. The molecule has 0 aliphatic carbocycles. The van der Waals surface area contributed by atoms with Crippen molar-refractivity contribution in [2.45, 2.75) is 46.6 Å². The Kier molecular flexibility index (Phi) is 5.06. The van der Waals surface area contributed by atoms with E-state index < -0.39 is 6.04 Å². The van der Waals surface area contributed by atoms with Crippen molar-refractivity contribution in [3.05, 3.63) is 23.3 Å². The van der Waals surface area contributed by atoms with Gasteiger partial charge < -0.3 is 20.4 Å². The van der Waals surface area contributed by atoms with Crippen molar-refractivity contribution in [1.29, 1.82) is 0 Å². The minimum absolute atomic E-state index is 0.0323. The Bertz CT molecular complexity index is 649. The van der Waals surface area contributed by atoms with Crippen LogP contribution in [0, 0.1) is 12.3 Å². The molecule has 1 aliphatic heterocycles. The van der Waals surface area contributed by atoms with E-state index in [9.17, 15) is 19.8 Å². The first-order chi connectivity index (χ1) is 11.1. The summed E-state index contributed by atoms with van der Waals surface area (Å²) in [7, 11) is 0. The molecule has 1 fully saturated rings. The minimum Gasteiger partial charge on any atom is -0.508 e. The fourth-order valence-corrected chi connectivity index (χ4v) is 2.76. The number of aromatic hydroxyl groups is 2. The summed E-state index contributed by atoms with van der Waals surface area (Å²) in [6.45, 7) is 8.76. The van der Waals surface area contributed by atoms with E-state index in [1.807, 2.05) is 20.8 Å². The number of carbonyl (C=O) groups is 2. The van der Waals surface area contributed by atoms with E-state index in [1.165, 1.54) is 11.0 Å². The smallest absolute Gasteiger partial charge is 0.258 e. The highest BCUT2D eigenvalue weighted by Crippen LogP contribution is 2.30. The molecule has 1 aromatic carbocycles. The van der Waals surface area contributed by atoms with Gasteiger partial charge in [0.1, 0.15) is 17.5 Å².